The Kier molecular flexibility index (Phi) is 4.77. The number of hydrogen-bond donors (Lipinski definition) is 0. The van der Waals surface area contributed by atoms with Gasteiger partial charge < -0.3 is 4.74 Å². The second-order valence-corrected chi connectivity index (χ2v) is 6.68. The Bertz CT molecular complexity index is 556. The molecule has 1 heterocycles. The van der Waals surface area contributed by atoms with Crippen LogP contribution in [-0.4, -0.2) is 37.9 Å². The van der Waals surface area contributed by atoms with Gasteiger partial charge in [-0.05, 0) is 25.3 Å². The molecule has 0 aromatic heterocycles. The molecule has 1 unspecified atom stereocenters. The van der Waals surface area contributed by atoms with Crippen molar-refractivity contribution in [1.82, 2.24) is 4.31 Å². The number of nitrogens with zero attached hydrogens (tertiary/aromatic N) is 1. The summed E-state index contributed by atoms with van der Waals surface area (Å²) in [5.41, 5.74) is 0.724. The molecular formula is C14H19NO4S. The molecule has 5 nitrogen and oxygen atoms in total. The zero-order chi connectivity index (χ0) is 14.6. The van der Waals surface area contributed by atoms with Crippen molar-refractivity contribution in [2.45, 2.75) is 31.6 Å². The minimum atomic E-state index is -3.49. The van der Waals surface area contributed by atoms with Crippen molar-refractivity contribution < 1.29 is 17.9 Å². The first kappa shape index (κ1) is 15.0. The molecule has 0 radical (unpaired) electrons. The molecule has 6 heteroatoms. The summed E-state index contributed by atoms with van der Waals surface area (Å²) in [6.45, 7) is 2.37. The number of esters is 1. The summed E-state index contributed by atoms with van der Waals surface area (Å²) in [4.78, 5) is 11.8. The van der Waals surface area contributed by atoms with Crippen LogP contribution in [0.25, 0.3) is 0 Å². The molecule has 1 aliphatic heterocycles. The van der Waals surface area contributed by atoms with Crippen molar-refractivity contribution in [1.29, 1.82) is 0 Å². The summed E-state index contributed by atoms with van der Waals surface area (Å²) in [5.74, 6) is -0.523. The molecule has 0 amide bonds. The van der Waals surface area contributed by atoms with Crippen molar-refractivity contribution in [3.8, 4) is 0 Å². The van der Waals surface area contributed by atoms with Crippen LogP contribution in [0.2, 0.25) is 0 Å². The lowest BCUT2D eigenvalue weighted by Gasteiger charge is -2.22. The summed E-state index contributed by atoms with van der Waals surface area (Å²) in [6, 6.07) is 8.33. The Morgan fingerprint density at radius 2 is 2.05 bits per heavy atom. The summed E-state index contributed by atoms with van der Waals surface area (Å²) in [5, 5.41) is 0. The van der Waals surface area contributed by atoms with E-state index in [2.05, 4.69) is 0 Å². The predicted molar refractivity (Wildman–Crippen MR) is 75.4 cm³/mol. The molecule has 0 bridgehead atoms. The van der Waals surface area contributed by atoms with Gasteiger partial charge in [0.05, 0.1) is 12.4 Å². The molecule has 1 fully saturated rings. The zero-order valence-corrected chi connectivity index (χ0v) is 12.3. The molecule has 2 rings (SSSR count). The first-order chi connectivity index (χ1) is 9.54. The zero-order valence-electron chi connectivity index (χ0n) is 11.5. The lowest BCUT2D eigenvalue weighted by atomic mass is 10.2. The number of benzene rings is 1. The third kappa shape index (κ3) is 3.37. The van der Waals surface area contributed by atoms with Crippen LogP contribution in [-0.2, 0) is 25.3 Å². The van der Waals surface area contributed by atoms with Crippen LogP contribution in [0, 0.1) is 0 Å². The van der Waals surface area contributed by atoms with E-state index in [-0.39, 0.29) is 12.4 Å². The van der Waals surface area contributed by atoms with Crippen LogP contribution < -0.4 is 0 Å². The second kappa shape index (κ2) is 6.37. The minimum absolute atomic E-state index is 0.0796. The third-order valence-corrected chi connectivity index (χ3v) is 5.16. The highest BCUT2D eigenvalue weighted by Crippen LogP contribution is 2.24. The highest BCUT2D eigenvalue weighted by atomic mass is 32.2. The second-order valence-electron chi connectivity index (χ2n) is 4.76. The molecule has 0 N–H and O–H groups in total. The van der Waals surface area contributed by atoms with Crippen LogP contribution >= 0.6 is 0 Å². The maximum atomic E-state index is 12.4. The van der Waals surface area contributed by atoms with Crippen molar-refractivity contribution in [3.63, 3.8) is 0 Å². The number of rotatable bonds is 5. The summed E-state index contributed by atoms with van der Waals surface area (Å²) in [7, 11) is -3.49. The molecular weight excluding hydrogens is 278 g/mol. The minimum Gasteiger partial charge on any atom is -0.465 e. The van der Waals surface area contributed by atoms with Gasteiger partial charge in [0, 0.05) is 6.54 Å². The van der Waals surface area contributed by atoms with E-state index in [1.165, 1.54) is 4.31 Å². The Morgan fingerprint density at radius 1 is 1.35 bits per heavy atom. The van der Waals surface area contributed by atoms with Gasteiger partial charge in [-0.25, -0.2) is 8.42 Å². The highest BCUT2D eigenvalue weighted by molar-refractivity contribution is 7.88. The van der Waals surface area contributed by atoms with E-state index in [0.717, 1.165) is 5.56 Å². The molecule has 20 heavy (non-hydrogen) atoms. The van der Waals surface area contributed by atoms with E-state index in [9.17, 15) is 13.2 Å². The van der Waals surface area contributed by atoms with Gasteiger partial charge in [0.15, 0.2) is 0 Å². The largest absolute Gasteiger partial charge is 0.465 e. The molecule has 1 aliphatic rings. The van der Waals surface area contributed by atoms with Gasteiger partial charge in [-0.3, -0.25) is 4.79 Å². The monoisotopic (exact) mass is 297 g/mol. The quantitative estimate of drug-likeness (QED) is 0.773. The summed E-state index contributed by atoms with van der Waals surface area (Å²) in [6.07, 6.45) is 1.23. The average molecular weight is 297 g/mol. The third-order valence-electron chi connectivity index (χ3n) is 3.31. The van der Waals surface area contributed by atoms with Crippen molar-refractivity contribution in [3.05, 3.63) is 35.9 Å². The van der Waals surface area contributed by atoms with Crippen LogP contribution in [0.5, 0.6) is 0 Å². The number of sulfonamides is 1. The van der Waals surface area contributed by atoms with E-state index >= 15 is 0 Å². The normalized spacial score (nSPS) is 19.9. The van der Waals surface area contributed by atoms with Gasteiger partial charge in [0.25, 0.3) is 0 Å². The summed E-state index contributed by atoms with van der Waals surface area (Å²) < 4.78 is 31.1. The Hall–Kier alpha value is -1.40. The van der Waals surface area contributed by atoms with E-state index in [1.54, 1.807) is 31.2 Å². The fraction of sp³-hybridized carbons (Fsp3) is 0.500. The molecule has 1 saturated heterocycles. The predicted octanol–water partition coefficient (Wildman–Crippen LogP) is 1.54. The lowest BCUT2D eigenvalue weighted by molar-refractivity contribution is -0.146. The fourth-order valence-electron chi connectivity index (χ4n) is 2.41. The van der Waals surface area contributed by atoms with Gasteiger partial charge >= 0.3 is 5.97 Å². The van der Waals surface area contributed by atoms with Crippen LogP contribution in [0.15, 0.2) is 30.3 Å². The van der Waals surface area contributed by atoms with Gasteiger partial charge in [0.2, 0.25) is 10.0 Å². The fourth-order valence-corrected chi connectivity index (χ4v) is 4.18. The van der Waals surface area contributed by atoms with Crippen LogP contribution in [0.1, 0.15) is 25.3 Å². The average Bonchev–Trinajstić information content (AvgIpc) is 2.90. The molecule has 0 aliphatic carbocycles. The molecule has 110 valence electrons. The van der Waals surface area contributed by atoms with Crippen molar-refractivity contribution >= 4 is 16.0 Å². The standard InChI is InChI=1S/C14H19NO4S/c1-2-19-14(16)13-9-6-10-15(13)20(17,18)11-12-7-4-3-5-8-12/h3-5,7-8,13H,2,6,9-11H2,1H3. The molecule has 1 aromatic rings. The Balaban J connectivity index is 2.14. The number of carbonyl (C=O) groups is 1. The highest BCUT2D eigenvalue weighted by Gasteiger charge is 2.39. The van der Waals surface area contributed by atoms with Crippen LogP contribution in [0.4, 0.5) is 0 Å². The van der Waals surface area contributed by atoms with Crippen LogP contribution in [0.3, 0.4) is 0 Å². The maximum Gasteiger partial charge on any atom is 0.324 e. The van der Waals surface area contributed by atoms with Gasteiger partial charge in [-0.1, -0.05) is 30.3 Å². The molecule has 1 atom stereocenters. The Labute approximate surface area is 119 Å². The van der Waals surface area contributed by atoms with Crippen molar-refractivity contribution in [2.75, 3.05) is 13.2 Å². The first-order valence-corrected chi connectivity index (χ1v) is 8.35. The Morgan fingerprint density at radius 3 is 2.70 bits per heavy atom. The maximum absolute atomic E-state index is 12.4. The molecule has 0 saturated carbocycles. The van der Waals surface area contributed by atoms with E-state index in [1.807, 2.05) is 6.07 Å². The van der Waals surface area contributed by atoms with E-state index < -0.39 is 22.0 Å². The van der Waals surface area contributed by atoms with Gasteiger partial charge in [-0.2, -0.15) is 4.31 Å². The number of carbonyl (C=O) groups excluding carboxylic acids is 1. The van der Waals surface area contributed by atoms with Gasteiger partial charge in [0.1, 0.15) is 6.04 Å². The SMILES string of the molecule is CCOC(=O)C1CCCN1S(=O)(=O)Cc1ccccc1. The van der Waals surface area contributed by atoms with Gasteiger partial charge in [-0.15, -0.1) is 0 Å². The first-order valence-electron chi connectivity index (χ1n) is 6.74. The van der Waals surface area contributed by atoms with E-state index in [0.29, 0.717) is 19.4 Å². The molecule has 1 aromatic carbocycles. The number of hydrogen-bond acceptors (Lipinski definition) is 4. The summed E-state index contributed by atoms with van der Waals surface area (Å²) >= 11 is 0. The number of ether oxygens (including phenoxy) is 1. The van der Waals surface area contributed by atoms with Crippen molar-refractivity contribution in [2.24, 2.45) is 0 Å². The smallest absolute Gasteiger partial charge is 0.324 e. The van der Waals surface area contributed by atoms with E-state index in [4.69, 9.17) is 4.74 Å². The lowest BCUT2D eigenvalue weighted by Crippen LogP contribution is -2.41. The topological polar surface area (TPSA) is 63.7 Å². The molecule has 0 spiro atoms.